The Morgan fingerprint density at radius 3 is 2.68 bits per heavy atom. The van der Waals surface area contributed by atoms with Crippen LogP contribution in [0.1, 0.15) is 62.3 Å². The molecule has 0 saturated carbocycles. The van der Waals surface area contributed by atoms with E-state index < -0.39 is 0 Å². The van der Waals surface area contributed by atoms with Gasteiger partial charge in [-0.1, -0.05) is 43.5 Å². The van der Waals surface area contributed by atoms with Gasteiger partial charge in [0.15, 0.2) is 0 Å². The minimum Gasteiger partial charge on any atom is -0.360 e. The Kier molecular flexibility index (Phi) is 7.54. The molecule has 2 aromatic carbocycles. The quantitative estimate of drug-likeness (QED) is 0.270. The number of carbonyl (C=O) groups excluding carboxylic acids is 1. The molecule has 1 unspecified atom stereocenters. The van der Waals surface area contributed by atoms with Crippen LogP contribution in [0.5, 0.6) is 0 Å². The number of carbonyl (C=O) groups is 1. The van der Waals surface area contributed by atoms with Gasteiger partial charge in [-0.15, -0.1) is 0 Å². The van der Waals surface area contributed by atoms with Crippen LogP contribution in [0.3, 0.4) is 0 Å². The largest absolute Gasteiger partial charge is 0.360 e. The summed E-state index contributed by atoms with van der Waals surface area (Å²) >= 11 is 12.7. The molecule has 2 heterocycles. The van der Waals surface area contributed by atoms with Crippen LogP contribution in [0, 0.1) is 0 Å². The first kappa shape index (κ1) is 24.2. The van der Waals surface area contributed by atoms with E-state index in [1.54, 1.807) is 12.1 Å². The molecular formula is C25H28Cl2N6O. The van der Waals surface area contributed by atoms with Gasteiger partial charge in [0.2, 0.25) is 0 Å². The number of unbranched alkanes of at least 4 members (excludes halogenated alkanes) is 1. The van der Waals surface area contributed by atoms with Crippen LogP contribution in [0.4, 0.5) is 5.82 Å². The van der Waals surface area contributed by atoms with Crippen LogP contribution in [0.15, 0.2) is 36.7 Å². The lowest BCUT2D eigenvalue weighted by molar-refractivity contribution is 0.0753. The Balaban J connectivity index is 1.63. The normalized spacial score (nSPS) is 12.3. The smallest absolute Gasteiger partial charge is 0.255 e. The number of fused-ring (bicyclic) bond motifs is 2. The van der Waals surface area contributed by atoms with E-state index in [0.717, 1.165) is 41.5 Å². The molecule has 0 aliphatic rings. The number of aromatic nitrogens is 4. The predicted octanol–water partition coefficient (Wildman–Crippen LogP) is 6.64. The second-order valence-corrected chi connectivity index (χ2v) is 9.21. The molecule has 0 saturated heterocycles. The molecule has 0 spiro atoms. The molecule has 2 aromatic heterocycles. The summed E-state index contributed by atoms with van der Waals surface area (Å²) < 4.78 is 0. The molecule has 2 N–H and O–H groups in total. The maximum atomic E-state index is 13.2. The monoisotopic (exact) mass is 498 g/mol. The van der Waals surface area contributed by atoms with E-state index in [1.807, 2.05) is 30.0 Å². The van der Waals surface area contributed by atoms with Crippen molar-refractivity contribution in [3.8, 4) is 0 Å². The summed E-state index contributed by atoms with van der Waals surface area (Å²) in [7, 11) is 0. The van der Waals surface area contributed by atoms with Crippen LogP contribution in [-0.2, 0) is 0 Å². The van der Waals surface area contributed by atoms with Gasteiger partial charge in [0.1, 0.15) is 18.0 Å². The predicted molar refractivity (Wildman–Crippen MR) is 139 cm³/mol. The molecule has 1 amide bonds. The summed E-state index contributed by atoms with van der Waals surface area (Å²) in [6.45, 7) is 7.59. The summed E-state index contributed by atoms with van der Waals surface area (Å²) in [6.07, 6.45) is 4.36. The SMILES string of the molecule is CCCCN(CCC)C(=O)c1cc2ncnc(NC(C)c3nc4ccc(Cl)cc4[nH]3)c2cc1Cl. The number of halogens is 2. The third kappa shape index (κ3) is 5.10. The van der Waals surface area contributed by atoms with Gasteiger partial charge >= 0.3 is 0 Å². The van der Waals surface area contributed by atoms with Crippen molar-refractivity contribution >= 4 is 56.9 Å². The topological polar surface area (TPSA) is 86.8 Å². The zero-order valence-corrected chi connectivity index (χ0v) is 21.0. The highest BCUT2D eigenvalue weighted by Gasteiger charge is 2.20. The molecule has 1 atom stereocenters. The molecule has 34 heavy (non-hydrogen) atoms. The van der Waals surface area contributed by atoms with Crippen molar-refractivity contribution in [1.82, 2.24) is 24.8 Å². The van der Waals surface area contributed by atoms with E-state index in [0.29, 0.717) is 40.0 Å². The third-order valence-corrected chi connectivity index (χ3v) is 6.29. The first-order valence-corrected chi connectivity index (χ1v) is 12.3. The highest BCUT2D eigenvalue weighted by molar-refractivity contribution is 6.35. The second kappa shape index (κ2) is 10.6. The van der Waals surface area contributed by atoms with Gasteiger partial charge in [-0.25, -0.2) is 15.0 Å². The average molecular weight is 499 g/mol. The van der Waals surface area contributed by atoms with Crippen LogP contribution < -0.4 is 5.32 Å². The van der Waals surface area contributed by atoms with Crippen molar-refractivity contribution in [2.75, 3.05) is 18.4 Å². The zero-order chi connectivity index (χ0) is 24.2. The summed E-state index contributed by atoms with van der Waals surface area (Å²) in [5, 5.41) is 5.17. The number of H-pyrrole nitrogens is 1. The maximum absolute atomic E-state index is 13.2. The first-order chi connectivity index (χ1) is 16.4. The number of aromatic amines is 1. The van der Waals surface area contributed by atoms with Crippen LogP contribution >= 0.6 is 23.2 Å². The lowest BCUT2D eigenvalue weighted by Crippen LogP contribution is -2.33. The van der Waals surface area contributed by atoms with Crippen molar-refractivity contribution in [2.24, 2.45) is 0 Å². The summed E-state index contributed by atoms with van der Waals surface area (Å²) in [6, 6.07) is 8.90. The van der Waals surface area contributed by atoms with Gasteiger partial charge in [-0.05, 0) is 50.1 Å². The van der Waals surface area contributed by atoms with Crippen LogP contribution in [0.25, 0.3) is 21.9 Å². The number of anilines is 1. The second-order valence-electron chi connectivity index (χ2n) is 8.37. The molecule has 0 aliphatic carbocycles. The van der Waals surface area contributed by atoms with Gasteiger partial charge in [0.05, 0.1) is 33.2 Å². The Bertz CT molecular complexity index is 1320. The number of amides is 1. The van der Waals surface area contributed by atoms with E-state index in [1.165, 1.54) is 6.33 Å². The number of rotatable bonds is 9. The molecular weight excluding hydrogens is 471 g/mol. The summed E-state index contributed by atoms with van der Waals surface area (Å²) in [5.41, 5.74) is 2.83. The molecule has 178 valence electrons. The van der Waals surface area contributed by atoms with E-state index in [4.69, 9.17) is 23.2 Å². The fourth-order valence-corrected chi connectivity index (χ4v) is 4.36. The molecule has 4 aromatic rings. The molecule has 0 aliphatic heterocycles. The van der Waals surface area contributed by atoms with Gasteiger partial charge in [-0.3, -0.25) is 4.79 Å². The molecule has 0 bridgehead atoms. The zero-order valence-electron chi connectivity index (χ0n) is 19.5. The Morgan fingerprint density at radius 2 is 1.91 bits per heavy atom. The lowest BCUT2D eigenvalue weighted by Gasteiger charge is -2.23. The number of hydrogen-bond donors (Lipinski definition) is 2. The number of imidazole rings is 1. The van der Waals surface area contributed by atoms with E-state index in [2.05, 4.69) is 39.1 Å². The Labute approximate surface area is 208 Å². The minimum absolute atomic E-state index is 0.0652. The number of nitrogens with zero attached hydrogens (tertiary/aromatic N) is 4. The Morgan fingerprint density at radius 1 is 1.09 bits per heavy atom. The van der Waals surface area contributed by atoms with E-state index in [-0.39, 0.29) is 11.9 Å². The molecule has 0 fully saturated rings. The molecule has 9 heteroatoms. The summed E-state index contributed by atoms with van der Waals surface area (Å²) in [4.78, 5) is 31.9. The fraction of sp³-hybridized carbons (Fsp3) is 0.360. The maximum Gasteiger partial charge on any atom is 0.255 e. The summed E-state index contributed by atoms with van der Waals surface area (Å²) in [5.74, 6) is 1.31. The standard InChI is InChI=1S/C25H28Cl2N6O/c1-4-6-10-33(9-5-2)25(34)17-13-21-18(12-19(17)27)24(29-14-28-21)30-15(3)23-31-20-8-7-16(26)11-22(20)32-23/h7-8,11-15H,4-6,9-10H2,1-3H3,(H,31,32)(H,28,29,30). The van der Waals surface area contributed by atoms with Crippen molar-refractivity contribution in [1.29, 1.82) is 0 Å². The van der Waals surface area contributed by atoms with Crippen molar-refractivity contribution in [3.05, 3.63) is 58.1 Å². The molecule has 4 rings (SSSR count). The fourth-order valence-electron chi connectivity index (χ4n) is 3.94. The average Bonchev–Trinajstić information content (AvgIpc) is 3.25. The van der Waals surface area contributed by atoms with Crippen molar-refractivity contribution in [2.45, 2.75) is 46.1 Å². The Hall–Kier alpha value is -2.90. The van der Waals surface area contributed by atoms with Gasteiger partial charge in [0, 0.05) is 23.5 Å². The van der Waals surface area contributed by atoms with Crippen molar-refractivity contribution < 1.29 is 4.79 Å². The highest BCUT2D eigenvalue weighted by atomic mass is 35.5. The first-order valence-electron chi connectivity index (χ1n) is 11.6. The third-order valence-electron chi connectivity index (χ3n) is 5.74. The molecule has 0 radical (unpaired) electrons. The van der Waals surface area contributed by atoms with Crippen LogP contribution in [-0.4, -0.2) is 43.8 Å². The number of nitrogens with one attached hydrogen (secondary N) is 2. The van der Waals surface area contributed by atoms with Crippen molar-refractivity contribution in [3.63, 3.8) is 0 Å². The van der Waals surface area contributed by atoms with Gasteiger partial charge < -0.3 is 15.2 Å². The van der Waals surface area contributed by atoms with Crippen LogP contribution in [0.2, 0.25) is 10.0 Å². The van der Waals surface area contributed by atoms with E-state index >= 15 is 0 Å². The lowest BCUT2D eigenvalue weighted by atomic mass is 10.1. The minimum atomic E-state index is -0.168. The van der Waals surface area contributed by atoms with Gasteiger partial charge in [0.25, 0.3) is 5.91 Å². The van der Waals surface area contributed by atoms with Gasteiger partial charge in [-0.2, -0.15) is 0 Å². The molecule has 7 nitrogen and oxygen atoms in total. The number of benzene rings is 2. The highest BCUT2D eigenvalue weighted by Crippen LogP contribution is 2.30. The van der Waals surface area contributed by atoms with E-state index in [9.17, 15) is 4.79 Å². The number of hydrogen-bond acceptors (Lipinski definition) is 5.